The summed E-state index contributed by atoms with van der Waals surface area (Å²) in [5.74, 6) is -0.865. The smallest absolute Gasteiger partial charge is 0.339 e. The standard InChI is InChI=1S/C15H16N2O3/c1-9-8-12(11-6-4-5-7-13(11)17-9)15(19)20-10(2)14(18)16-3/h4-8,10H,1-3H3,(H,16,18)/t10-/m1/s1. The van der Waals surface area contributed by atoms with E-state index in [0.29, 0.717) is 10.9 Å². The third kappa shape index (κ3) is 2.77. The van der Waals surface area contributed by atoms with Crippen molar-refractivity contribution in [3.63, 3.8) is 0 Å². The van der Waals surface area contributed by atoms with Crippen molar-refractivity contribution >= 4 is 22.8 Å². The first-order valence-electron chi connectivity index (χ1n) is 6.32. The molecule has 0 aliphatic heterocycles. The number of pyridine rings is 1. The van der Waals surface area contributed by atoms with E-state index in [-0.39, 0.29) is 5.91 Å². The van der Waals surface area contributed by atoms with Gasteiger partial charge in [0.15, 0.2) is 6.10 Å². The molecule has 0 radical (unpaired) electrons. The van der Waals surface area contributed by atoms with Crippen LogP contribution in [0.15, 0.2) is 30.3 Å². The van der Waals surface area contributed by atoms with Crippen molar-refractivity contribution in [3.05, 3.63) is 41.6 Å². The molecule has 5 nitrogen and oxygen atoms in total. The maximum absolute atomic E-state index is 12.2. The molecule has 1 aromatic carbocycles. The number of hydrogen-bond acceptors (Lipinski definition) is 4. The molecule has 1 heterocycles. The van der Waals surface area contributed by atoms with Crippen LogP contribution in [0.4, 0.5) is 0 Å². The van der Waals surface area contributed by atoms with Gasteiger partial charge in [-0.05, 0) is 26.0 Å². The van der Waals surface area contributed by atoms with Gasteiger partial charge in [0.25, 0.3) is 5.91 Å². The predicted molar refractivity (Wildman–Crippen MR) is 75.4 cm³/mol. The van der Waals surface area contributed by atoms with Gasteiger partial charge in [-0.25, -0.2) is 4.79 Å². The van der Waals surface area contributed by atoms with Gasteiger partial charge in [-0.2, -0.15) is 0 Å². The van der Waals surface area contributed by atoms with Crippen LogP contribution in [0.25, 0.3) is 10.9 Å². The Morgan fingerprint density at radius 2 is 2.00 bits per heavy atom. The van der Waals surface area contributed by atoms with Crippen LogP contribution in [-0.4, -0.2) is 30.0 Å². The van der Waals surface area contributed by atoms with E-state index in [1.54, 1.807) is 6.07 Å². The highest BCUT2D eigenvalue weighted by Crippen LogP contribution is 2.19. The largest absolute Gasteiger partial charge is 0.449 e. The molecule has 1 N–H and O–H groups in total. The number of aromatic nitrogens is 1. The molecule has 5 heteroatoms. The minimum Gasteiger partial charge on any atom is -0.449 e. The van der Waals surface area contributed by atoms with Crippen molar-refractivity contribution in [2.75, 3.05) is 7.05 Å². The molecule has 0 aliphatic carbocycles. The summed E-state index contributed by atoms with van der Waals surface area (Å²) in [4.78, 5) is 28.0. The summed E-state index contributed by atoms with van der Waals surface area (Å²) in [7, 11) is 1.50. The molecule has 0 fully saturated rings. The zero-order valence-electron chi connectivity index (χ0n) is 11.6. The van der Waals surface area contributed by atoms with E-state index >= 15 is 0 Å². The maximum atomic E-state index is 12.2. The summed E-state index contributed by atoms with van der Waals surface area (Å²) in [5.41, 5.74) is 1.87. The quantitative estimate of drug-likeness (QED) is 0.866. The Hall–Kier alpha value is -2.43. The van der Waals surface area contributed by atoms with E-state index in [4.69, 9.17) is 4.74 Å². The second-order valence-electron chi connectivity index (χ2n) is 4.49. The van der Waals surface area contributed by atoms with Crippen LogP contribution in [0, 0.1) is 6.92 Å². The molecule has 1 atom stereocenters. The lowest BCUT2D eigenvalue weighted by atomic mass is 10.1. The molecule has 0 saturated carbocycles. The minimum absolute atomic E-state index is 0.339. The van der Waals surface area contributed by atoms with Gasteiger partial charge in [0.05, 0.1) is 11.1 Å². The van der Waals surface area contributed by atoms with E-state index in [0.717, 1.165) is 11.2 Å². The van der Waals surface area contributed by atoms with Crippen LogP contribution in [-0.2, 0) is 9.53 Å². The number of rotatable bonds is 3. The Morgan fingerprint density at radius 1 is 1.30 bits per heavy atom. The third-order valence-corrected chi connectivity index (χ3v) is 2.96. The maximum Gasteiger partial charge on any atom is 0.339 e. The molecule has 0 aliphatic rings. The highest BCUT2D eigenvalue weighted by molar-refractivity contribution is 6.04. The lowest BCUT2D eigenvalue weighted by molar-refractivity contribution is -0.128. The Labute approximate surface area is 117 Å². The fraction of sp³-hybridized carbons (Fsp3) is 0.267. The molecule has 1 aromatic heterocycles. The van der Waals surface area contributed by atoms with Crippen molar-refractivity contribution in [3.8, 4) is 0 Å². The molecule has 20 heavy (non-hydrogen) atoms. The van der Waals surface area contributed by atoms with Gasteiger partial charge in [0.2, 0.25) is 0 Å². The molecule has 0 unspecified atom stereocenters. The first kappa shape index (κ1) is 14.0. The van der Waals surface area contributed by atoms with Gasteiger partial charge in [-0.1, -0.05) is 18.2 Å². The van der Waals surface area contributed by atoms with Crippen LogP contribution in [0.3, 0.4) is 0 Å². The lowest BCUT2D eigenvalue weighted by Crippen LogP contribution is -2.33. The number of nitrogens with zero attached hydrogens (tertiary/aromatic N) is 1. The number of para-hydroxylation sites is 1. The first-order valence-corrected chi connectivity index (χ1v) is 6.32. The minimum atomic E-state index is -0.834. The topological polar surface area (TPSA) is 68.3 Å². The molecular formula is C15H16N2O3. The molecular weight excluding hydrogens is 256 g/mol. The van der Waals surface area contributed by atoms with Crippen molar-refractivity contribution in [2.24, 2.45) is 0 Å². The van der Waals surface area contributed by atoms with Gasteiger partial charge in [0, 0.05) is 18.1 Å². The van der Waals surface area contributed by atoms with Crippen molar-refractivity contribution in [1.82, 2.24) is 10.3 Å². The number of hydrogen-bond donors (Lipinski definition) is 1. The zero-order valence-corrected chi connectivity index (χ0v) is 11.6. The molecule has 104 valence electrons. The summed E-state index contributed by atoms with van der Waals surface area (Å²) >= 11 is 0. The van der Waals surface area contributed by atoms with Crippen LogP contribution in [0.1, 0.15) is 23.0 Å². The van der Waals surface area contributed by atoms with E-state index in [1.165, 1.54) is 14.0 Å². The number of carbonyl (C=O) groups excluding carboxylic acids is 2. The number of ether oxygens (including phenoxy) is 1. The molecule has 1 amide bonds. The molecule has 0 spiro atoms. The second-order valence-corrected chi connectivity index (χ2v) is 4.49. The van der Waals surface area contributed by atoms with Crippen molar-refractivity contribution in [1.29, 1.82) is 0 Å². The fourth-order valence-electron chi connectivity index (χ4n) is 1.96. The molecule has 0 bridgehead atoms. The van der Waals surface area contributed by atoms with Crippen LogP contribution in [0.2, 0.25) is 0 Å². The predicted octanol–water partition coefficient (Wildman–Crippen LogP) is 1.83. The number of nitrogens with one attached hydrogen (secondary N) is 1. The fourth-order valence-corrected chi connectivity index (χ4v) is 1.96. The average molecular weight is 272 g/mol. The van der Waals surface area contributed by atoms with Gasteiger partial charge < -0.3 is 10.1 Å². The van der Waals surface area contributed by atoms with Crippen LogP contribution in [0.5, 0.6) is 0 Å². The van der Waals surface area contributed by atoms with E-state index in [1.807, 2.05) is 31.2 Å². The highest BCUT2D eigenvalue weighted by Gasteiger charge is 2.19. The van der Waals surface area contributed by atoms with Crippen LogP contribution < -0.4 is 5.32 Å². The monoisotopic (exact) mass is 272 g/mol. The van der Waals surface area contributed by atoms with Gasteiger partial charge in [0.1, 0.15) is 0 Å². The van der Waals surface area contributed by atoms with Gasteiger partial charge >= 0.3 is 5.97 Å². The number of likely N-dealkylation sites (N-methyl/N-ethyl adjacent to an activating group) is 1. The zero-order chi connectivity index (χ0) is 14.7. The summed E-state index contributed by atoms with van der Waals surface area (Å²) in [6.45, 7) is 3.35. The summed E-state index contributed by atoms with van der Waals surface area (Å²) < 4.78 is 5.17. The lowest BCUT2D eigenvalue weighted by Gasteiger charge is -2.13. The summed E-state index contributed by atoms with van der Waals surface area (Å²) in [6, 6.07) is 9.00. The van der Waals surface area contributed by atoms with E-state index in [9.17, 15) is 9.59 Å². The highest BCUT2D eigenvalue weighted by atomic mass is 16.5. The molecule has 2 aromatic rings. The number of carbonyl (C=O) groups is 2. The summed E-state index contributed by atoms with van der Waals surface area (Å²) in [5, 5.41) is 3.16. The average Bonchev–Trinajstić information content (AvgIpc) is 2.45. The number of esters is 1. The number of amides is 1. The molecule has 2 rings (SSSR count). The van der Waals surface area contributed by atoms with Crippen molar-refractivity contribution < 1.29 is 14.3 Å². The van der Waals surface area contributed by atoms with E-state index < -0.39 is 12.1 Å². The Balaban J connectivity index is 2.37. The third-order valence-electron chi connectivity index (χ3n) is 2.96. The summed E-state index contributed by atoms with van der Waals surface area (Å²) in [6.07, 6.45) is -0.834. The van der Waals surface area contributed by atoms with Gasteiger partial charge in [-0.15, -0.1) is 0 Å². The normalized spacial score (nSPS) is 11.9. The second kappa shape index (κ2) is 5.69. The van der Waals surface area contributed by atoms with E-state index in [2.05, 4.69) is 10.3 Å². The Bertz CT molecular complexity index is 667. The molecule has 0 saturated heterocycles. The van der Waals surface area contributed by atoms with Crippen LogP contribution >= 0.6 is 0 Å². The Kier molecular flexibility index (Phi) is 3.98. The van der Waals surface area contributed by atoms with Crippen molar-refractivity contribution in [2.45, 2.75) is 20.0 Å². The Morgan fingerprint density at radius 3 is 2.70 bits per heavy atom. The number of fused-ring (bicyclic) bond motifs is 1. The van der Waals surface area contributed by atoms with Gasteiger partial charge in [-0.3, -0.25) is 9.78 Å². The number of aryl methyl sites for hydroxylation is 1. The SMILES string of the molecule is CNC(=O)[C@@H](C)OC(=O)c1cc(C)nc2ccccc12. The number of benzene rings is 1. The first-order chi connectivity index (χ1) is 9.52.